The number of hydrogen-bond acceptors (Lipinski definition) is 10. The highest BCUT2D eigenvalue weighted by molar-refractivity contribution is 5.80. The molecule has 6 N–H and O–H groups in total. The molecule has 0 aromatic rings. The van der Waals surface area contributed by atoms with Crippen LogP contribution in [0.25, 0.3) is 0 Å². The zero-order valence-electron chi connectivity index (χ0n) is 53.5. The molecule has 482 valence electrons. The molecule has 0 radical (unpaired) electrons. The zero-order valence-corrected chi connectivity index (χ0v) is 53.5. The monoisotopic (exact) mass is 1180 g/mol. The van der Waals surface area contributed by atoms with Crippen LogP contribution in [0.15, 0.2) is 109 Å². The molecule has 11 nitrogen and oxygen atoms in total. The highest BCUT2D eigenvalue weighted by Crippen LogP contribution is 2.26. The van der Waals surface area contributed by atoms with E-state index in [-0.39, 0.29) is 19.4 Å². The summed E-state index contributed by atoms with van der Waals surface area (Å²) in [5, 5.41) is 57.1. The summed E-state index contributed by atoms with van der Waals surface area (Å²) in [6.45, 7) is 5.60. The van der Waals surface area contributed by atoms with E-state index in [4.69, 9.17) is 14.2 Å². The molecule has 1 aliphatic heterocycles. The number of rotatable bonds is 57. The Labute approximate surface area is 513 Å². The number of nitrogens with one attached hydrogen (secondary N) is 1. The highest BCUT2D eigenvalue weighted by atomic mass is 16.7. The predicted octanol–water partition coefficient (Wildman–Crippen LogP) is 17.2. The molecule has 1 aliphatic rings. The van der Waals surface area contributed by atoms with Crippen molar-refractivity contribution in [2.45, 2.75) is 327 Å². The van der Waals surface area contributed by atoms with E-state index in [1.165, 1.54) is 161 Å². The molecular formula is C73H125NO10. The lowest BCUT2D eigenvalue weighted by Gasteiger charge is -2.41. The third-order valence-electron chi connectivity index (χ3n) is 15.6. The molecule has 8 unspecified atom stereocenters. The maximum atomic E-state index is 13.4. The SMILES string of the molecule is CC\C=C/C=C/C=C/C=C\C=C\C=C\CCCCC(O)C(=O)NC(COC1OC(CO)C(O)C(O)C1OC(=O)CCCCCCCCCCCCCCCCCCC/C=C\C/C=C\CCCCC)C(O)/C=C/CCCCCCCCCCCC. The average molecular weight is 1180 g/mol. The normalized spacial score (nSPS) is 19.2. The van der Waals surface area contributed by atoms with E-state index < -0.39 is 67.4 Å². The van der Waals surface area contributed by atoms with E-state index in [1.54, 1.807) is 6.08 Å². The van der Waals surface area contributed by atoms with Crippen LogP contribution in [0, 0.1) is 0 Å². The highest BCUT2D eigenvalue weighted by Gasteiger charge is 2.47. The summed E-state index contributed by atoms with van der Waals surface area (Å²) in [6.07, 6.45) is 71.4. The van der Waals surface area contributed by atoms with Crippen molar-refractivity contribution in [2.75, 3.05) is 13.2 Å². The Balaban J connectivity index is 2.58. The number of aliphatic hydroxyl groups is 5. The fraction of sp³-hybridized carbons (Fsp3) is 0.726. The first-order chi connectivity index (χ1) is 41.2. The number of carbonyl (C=O) groups is 2. The van der Waals surface area contributed by atoms with Gasteiger partial charge in [0, 0.05) is 6.42 Å². The molecule has 0 bridgehead atoms. The molecule has 1 heterocycles. The molecule has 0 saturated carbocycles. The van der Waals surface area contributed by atoms with Crippen LogP contribution in [0.4, 0.5) is 0 Å². The third-order valence-corrected chi connectivity index (χ3v) is 15.6. The molecular weight excluding hydrogens is 1050 g/mol. The van der Waals surface area contributed by atoms with Crippen molar-refractivity contribution in [3.8, 4) is 0 Å². The van der Waals surface area contributed by atoms with Crippen LogP contribution in [-0.4, -0.2) is 99.6 Å². The van der Waals surface area contributed by atoms with Gasteiger partial charge in [-0.15, -0.1) is 0 Å². The summed E-state index contributed by atoms with van der Waals surface area (Å²) in [4.78, 5) is 26.6. The minimum absolute atomic E-state index is 0.114. The van der Waals surface area contributed by atoms with Gasteiger partial charge in [-0.05, 0) is 77.0 Å². The first kappa shape index (κ1) is 78.3. The molecule has 11 heteroatoms. The first-order valence-corrected chi connectivity index (χ1v) is 34.2. The van der Waals surface area contributed by atoms with Gasteiger partial charge in [0.05, 0.1) is 25.4 Å². The van der Waals surface area contributed by atoms with Crippen molar-refractivity contribution in [2.24, 2.45) is 0 Å². The van der Waals surface area contributed by atoms with Crippen molar-refractivity contribution in [1.82, 2.24) is 5.32 Å². The van der Waals surface area contributed by atoms with Gasteiger partial charge in [0.2, 0.25) is 5.91 Å². The van der Waals surface area contributed by atoms with Crippen molar-refractivity contribution >= 4 is 11.9 Å². The van der Waals surface area contributed by atoms with E-state index in [2.05, 4.69) is 56.5 Å². The van der Waals surface area contributed by atoms with Crippen LogP contribution in [0.1, 0.15) is 278 Å². The maximum Gasteiger partial charge on any atom is 0.306 e. The quantitative estimate of drug-likeness (QED) is 0.0149. The van der Waals surface area contributed by atoms with Crippen LogP contribution in [0.5, 0.6) is 0 Å². The number of aliphatic hydroxyl groups excluding tert-OH is 5. The van der Waals surface area contributed by atoms with Gasteiger partial charge in [0.25, 0.3) is 0 Å². The second kappa shape index (κ2) is 59.6. The van der Waals surface area contributed by atoms with Crippen molar-refractivity contribution in [3.05, 3.63) is 109 Å². The summed E-state index contributed by atoms with van der Waals surface area (Å²) in [6, 6.07) is -1.05. The lowest BCUT2D eigenvalue weighted by molar-refractivity contribution is -0.305. The van der Waals surface area contributed by atoms with Crippen molar-refractivity contribution in [1.29, 1.82) is 0 Å². The topological polar surface area (TPSA) is 175 Å². The van der Waals surface area contributed by atoms with E-state index in [1.807, 2.05) is 72.9 Å². The Morgan fingerprint density at radius 2 is 0.905 bits per heavy atom. The fourth-order valence-corrected chi connectivity index (χ4v) is 10.2. The summed E-state index contributed by atoms with van der Waals surface area (Å²) in [5.74, 6) is -1.24. The molecule has 1 saturated heterocycles. The number of ether oxygens (including phenoxy) is 3. The molecule has 84 heavy (non-hydrogen) atoms. The smallest absolute Gasteiger partial charge is 0.306 e. The molecule has 1 amide bonds. The van der Waals surface area contributed by atoms with E-state index >= 15 is 0 Å². The van der Waals surface area contributed by atoms with E-state index in [0.717, 1.165) is 70.6 Å². The molecule has 0 aromatic heterocycles. The van der Waals surface area contributed by atoms with E-state index in [9.17, 15) is 35.1 Å². The Hall–Kier alpha value is -3.68. The number of hydrogen-bond donors (Lipinski definition) is 6. The van der Waals surface area contributed by atoms with Gasteiger partial charge >= 0.3 is 5.97 Å². The standard InChI is InChI=1S/C73H125NO10/c1-4-7-10-13-16-19-22-25-27-29-30-31-32-33-34-35-36-37-38-39-41-43-46-49-52-55-58-61-68(78)84-71-70(80)69(79)67(62-75)83-73(71)82-63-64(65(76)59-56-53-50-47-44-24-21-18-15-12-9-6-3)74-72(81)66(77)60-57-54-51-48-45-42-40-28-26-23-20-17-14-11-8-5-2/h8,11,14,16-17,19-20,23,25-28,40,42,45,48,56,59,64-67,69-71,73,75-77,79-80H,4-7,9-10,12-13,15,18,21-22,24,29-39,41,43-44,46-47,49-55,57-58,60-63H2,1-3H3,(H,74,81)/b11-8-,17-14+,19-16-,23-20+,27-25-,28-26-,42-40+,48-45+,59-56+. The number of allylic oxidation sites excluding steroid dienone is 17. The summed E-state index contributed by atoms with van der Waals surface area (Å²) >= 11 is 0. The van der Waals surface area contributed by atoms with Gasteiger partial charge in [-0.25, -0.2) is 0 Å². The second-order valence-corrected chi connectivity index (χ2v) is 23.3. The zero-order chi connectivity index (χ0) is 61.0. The average Bonchev–Trinajstić information content (AvgIpc) is 3.54. The number of unbranched alkanes of at least 4 members (excludes halogenated alkanes) is 32. The minimum atomic E-state index is -1.63. The maximum absolute atomic E-state index is 13.4. The Morgan fingerprint density at radius 1 is 0.488 bits per heavy atom. The molecule has 0 aliphatic carbocycles. The predicted molar refractivity (Wildman–Crippen MR) is 351 cm³/mol. The number of amides is 1. The van der Waals surface area contributed by atoms with Gasteiger partial charge in [0.15, 0.2) is 12.4 Å². The Bertz CT molecular complexity index is 1780. The molecule has 0 aromatic carbocycles. The van der Waals surface area contributed by atoms with Gasteiger partial charge in [-0.3, -0.25) is 9.59 Å². The van der Waals surface area contributed by atoms with Crippen molar-refractivity contribution in [3.63, 3.8) is 0 Å². The fourth-order valence-electron chi connectivity index (χ4n) is 10.2. The largest absolute Gasteiger partial charge is 0.454 e. The number of carbonyl (C=O) groups excluding carboxylic acids is 2. The Morgan fingerprint density at radius 3 is 1.40 bits per heavy atom. The summed E-state index contributed by atoms with van der Waals surface area (Å²) < 4.78 is 17.6. The van der Waals surface area contributed by atoms with Gasteiger partial charge in [-0.1, -0.05) is 304 Å². The van der Waals surface area contributed by atoms with Crippen molar-refractivity contribution < 1.29 is 49.3 Å². The first-order valence-electron chi connectivity index (χ1n) is 34.2. The minimum Gasteiger partial charge on any atom is -0.454 e. The van der Waals surface area contributed by atoms with Crippen LogP contribution >= 0.6 is 0 Å². The Kier molecular flexibility index (Phi) is 55.6. The van der Waals surface area contributed by atoms with Gasteiger partial charge < -0.3 is 45.1 Å². The lowest BCUT2D eigenvalue weighted by atomic mass is 9.99. The molecule has 1 rings (SSSR count). The molecule has 1 fully saturated rings. The summed E-state index contributed by atoms with van der Waals surface area (Å²) in [5.41, 5.74) is 0. The van der Waals surface area contributed by atoms with Crippen LogP contribution in [0.3, 0.4) is 0 Å². The number of esters is 1. The van der Waals surface area contributed by atoms with E-state index in [0.29, 0.717) is 12.8 Å². The third kappa shape index (κ3) is 46.5. The molecule has 0 spiro atoms. The second-order valence-electron chi connectivity index (χ2n) is 23.3. The summed E-state index contributed by atoms with van der Waals surface area (Å²) in [7, 11) is 0. The van der Waals surface area contributed by atoms with Crippen LogP contribution < -0.4 is 5.32 Å². The van der Waals surface area contributed by atoms with Crippen LogP contribution in [0.2, 0.25) is 0 Å². The van der Waals surface area contributed by atoms with Gasteiger partial charge in [0.1, 0.15) is 24.4 Å². The molecule has 8 atom stereocenters. The van der Waals surface area contributed by atoms with Gasteiger partial charge in [-0.2, -0.15) is 0 Å². The lowest BCUT2D eigenvalue weighted by Crippen LogP contribution is -2.61. The van der Waals surface area contributed by atoms with Crippen LogP contribution in [-0.2, 0) is 23.8 Å².